The van der Waals surface area contributed by atoms with Gasteiger partial charge < -0.3 is 0 Å². The number of fused-ring (bicyclic) bond motifs is 1. The first kappa shape index (κ1) is 42.8. The fourth-order valence-electron chi connectivity index (χ4n) is 9.65. The Hall–Kier alpha value is -7.14. The maximum atomic E-state index is 5.22. The molecule has 0 N–H and O–H groups in total. The van der Waals surface area contributed by atoms with Gasteiger partial charge in [-0.15, -0.1) is 11.8 Å². The molecule has 0 radical (unpaired) electrons. The van der Waals surface area contributed by atoms with Gasteiger partial charge in [0, 0.05) is 32.3 Å². The van der Waals surface area contributed by atoms with Gasteiger partial charge in [-0.1, -0.05) is 216 Å². The molecule has 0 saturated heterocycles. The van der Waals surface area contributed by atoms with Gasteiger partial charge in [0.05, 0.1) is 0 Å². The third-order valence-corrected chi connectivity index (χ3v) is 14.6. The van der Waals surface area contributed by atoms with Crippen molar-refractivity contribution in [2.24, 2.45) is 5.92 Å². The molecule has 0 bridgehead atoms. The zero-order valence-electron chi connectivity index (χ0n) is 38.2. The van der Waals surface area contributed by atoms with Crippen molar-refractivity contribution in [3.8, 4) is 67.5 Å². The second-order valence-electron chi connectivity index (χ2n) is 17.8. The highest BCUT2D eigenvalue weighted by molar-refractivity contribution is 8.00. The van der Waals surface area contributed by atoms with E-state index in [0.29, 0.717) is 28.6 Å². The fraction of sp³-hybridized carbons (Fsp3) is 0.145. The molecule has 7 aromatic carbocycles. The largest absolute Gasteiger partial charge is 0.208 e. The quantitative estimate of drug-likeness (QED) is 0.130. The van der Waals surface area contributed by atoms with Crippen LogP contribution in [0.2, 0.25) is 0 Å². The first-order valence-corrected chi connectivity index (χ1v) is 24.0. The van der Waals surface area contributed by atoms with Crippen LogP contribution in [0.15, 0.2) is 217 Å². The summed E-state index contributed by atoms with van der Waals surface area (Å²) in [5.41, 5.74) is 17.9. The molecule has 2 aliphatic rings. The normalized spacial score (nSPS) is 16.4. The number of rotatable bonds is 11. The number of hydrogen-bond acceptors (Lipinski definition) is 4. The summed E-state index contributed by atoms with van der Waals surface area (Å²) in [4.78, 5) is 16.7. The van der Waals surface area contributed by atoms with E-state index in [1.54, 1.807) is 0 Å². The number of thioether (sulfide) groups is 1. The van der Waals surface area contributed by atoms with Crippen molar-refractivity contribution in [3.05, 3.63) is 229 Å². The predicted molar refractivity (Wildman–Crippen MR) is 280 cm³/mol. The number of allylic oxidation sites excluding steroid dienone is 7. The van der Waals surface area contributed by atoms with Crippen molar-refractivity contribution in [3.63, 3.8) is 0 Å². The molecule has 2 atom stereocenters. The van der Waals surface area contributed by atoms with Crippen LogP contribution in [-0.4, -0.2) is 20.2 Å². The van der Waals surface area contributed by atoms with Gasteiger partial charge in [0.15, 0.2) is 17.5 Å². The van der Waals surface area contributed by atoms with E-state index in [9.17, 15) is 0 Å². The van der Waals surface area contributed by atoms with Crippen LogP contribution in [0.5, 0.6) is 0 Å². The number of nitrogens with zero attached hydrogens (tertiary/aromatic N) is 3. The maximum Gasteiger partial charge on any atom is 0.164 e. The van der Waals surface area contributed by atoms with Crippen LogP contribution in [0, 0.1) is 5.92 Å². The van der Waals surface area contributed by atoms with Gasteiger partial charge in [-0.05, 0) is 104 Å². The van der Waals surface area contributed by atoms with Crippen LogP contribution >= 0.6 is 11.8 Å². The Labute approximate surface area is 394 Å². The van der Waals surface area contributed by atoms with Gasteiger partial charge in [0.2, 0.25) is 0 Å². The Morgan fingerprint density at radius 2 is 1.08 bits per heavy atom. The first-order chi connectivity index (χ1) is 32.3. The Balaban J connectivity index is 0.917. The van der Waals surface area contributed by atoms with Crippen LogP contribution in [0.3, 0.4) is 0 Å². The molecule has 0 spiro atoms. The van der Waals surface area contributed by atoms with Gasteiger partial charge in [-0.2, -0.15) is 0 Å². The van der Waals surface area contributed by atoms with Crippen molar-refractivity contribution < 1.29 is 0 Å². The molecule has 2 unspecified atom stereocenters. The van der Waals surface area contributed by atoms with E-state index in [1.807, 2.05) is 30.0 Å². The molecule has 4 heteroatoms. The lowest BCUT2D eigenvalue weighted by Gasteiger charge is -2.23. The summed E-state index contributed by atoms with van der Waals surface area (Å²) in [6.07, 6.45) is 12.5. The van der Waals surface area contributed by atoms with E-state index < -0.39 is 0 Å². The van der Waals surface area contributed by atoms with E-state index in [1.165, 1.54) is 55.0 Å². The summed E-state index contributed by atoms with van der Waals surface area (Å²) in [5, 5.41) is 0.341. The van der Waals surface area contributed by atoms with E-state index >= 15 is 0 Å². The topological polar surface area (TPSA) is 38.7 Å². The Kier molecular flexibility index (Phi) is 11.9. The van der Waals surface area contributed by atoms with Gasteiger partial charge >= 0.3 is 0 Å². The monoisotopic (exact) mass is 871 g/mol. The third kappa shape index (κ3) is 8.45. The molecule has 66 heavy (non-hydrogen) atoms. The second-order valence-corrected chi connectivity index (χ2v) is 19.1. The summed E-state index contributed by atoms with van der Waals surface area (Å²) in [7, 11) is 0. The van der Waals surface area contributed by atoms with E-state index in [-0.39, 0.29) is 5.41 Å². The summed E-state index contributed by atoms with van der Waals surface area (Å²) < 4.78 is 0. The van der Waals surface area contributed by atoms with E-state index in [0.717, 1.165) is 39.8 Å². The molecular weight excluding hydrogens is 819 g/mol. The summed E-state index contributed by atoms with van der Waals surface area (Å²) in [5.74, 6) is 2.33. The average molecular weight is 872 g/mol. The second kappa shape index (κ2) is 18.4. The summed E-state index contributed by atoms with van der Waals surface area (Å²) in [6.45, 7) is 11.4. The smallest absolute Gasteiger partial charge is 0.164 e. The van der Waals surface area contributed by atoms with Gasteiger partial charge in [0.1, 0.15) is 0 Å². The van der Waals surface area contributed by atoms with Crippen molar-refractivity contribution in [2.45, 2.75) is 56.6 Å². The van der Waals surface area contributed by atoms with Crippen molar-refractivity contribution in [2.75, 3.05) is 0 Å². The SMILES string of the molecule is C/C=C\C1=C(CC)c2cc(-c3ccccc3-c3nc(-c4ccccc4)nc(-c4ccc(-c5cccc(SC6C=CC(c7ccc(-c8ccccc8)cc7)=CC6C)c5)cc4)n3)ccc2C1(C)C. The molecule has 8 aromatic rings. The highest BCUT2D eigenvalue weighted by Gasteiger charge is 2.36. The van der Waals surface area contributed by atoms with Crippen LogP contribution in [-0.2, 0) is 5.41 Å². The molecule has 10 rings (SSSR count). The fourth-order valence-corrected chi connectivity index (χ4v) is 10.8. The molecule has 1 aromatic heterocycles. The summed E-state index contributed by atoms with van der Waals surface area (Å²) >= 11 is 1.92. The molecule has 2 aliphatic carbocycles. The number of benzene rings is 7. The Morgan fingerprint density at radius 1 is 0.530 bits per heavy atom. The summed E-state index contributed by atoms with van der Waals surface area (Å²) in [6, 6.07) is 62.8. The molecular formula is C62H53N3S. The standard InChI is InChI=1S/C62H53N3S/c1-6-17-56-52(7-2)55-40-50(34-36-57(55)62(56,4)5)53-24-14-15-25-54(53)61-64-59(46-20-12-9-13-21-46)63-60(65-61)47-32-30-44(31-33-47)48-22-16-23-51(39-48)66-58-37-35-49(38-41(58)3)45-28-26-43(27-29-45)42-18-10-8-11-19-42/h6,8-41,58H,7H2,1-5H3/b17-6-. The van der Waals surface area contributed by atoms with Crippen LogP contribution in [0.1, 0.15) is 57.7 Å². The average Bonchev–Trinajstić information content (AvgIpc) is 3.59. The minimum absolute atomic E-state index is 0.0532. The number of aromatic nitrogens is 3. The highest BCUT2D eigenvalue weighted by atomic mass is 32.2. The molecule has 0 amide bonds. The highest BCUT2D eigenvalue weighted by Crippen LogP contribution is 2.49. The lowest BCUT2D eigenvalue weighted by Crippen LogP contribution is -2.16. The molecule has 0 aliphatic heterocycles. The minimum Gasteiger partial charge on any atom is -0.208 e. The van der Waals surface area contributed by atoms with E-state index in [4.69, 9.17) is 15.0 Å². The maximum absolute atomic E-state index is 5.22. The van der Waals surface area contributed by atoms with Crippen molar-refractivity contribution in [1.29, 1.82) is 0 Å². The third-order valence-electron chi connectivity index (χ3n) is 13.2. The van der Waals surface area contributed by atoms with Gasteiger partial charge in [-0.25, -0.2) is 15.0 Å². The molecule has 1 heterocycles. The van der Waals surface area contributed by atoms with Crippen molar-refractivity contribution in [1.82, 2.24) is 15.0 Å². The first-order valence-electron chi connectivity index (χ1n) is 23.1. The predicted octanol–water partition coefficient (Wildman–Crippen LogP) is 16.7. The van der Waals surface area contributed by atoms with Crippen LogP contribution in [0.4, 0.5) is 0 Å². The Bertz CT molecular complexity index is 3180. The zero-order chi connectivity index (χ0) is 45.2. The van der Waals surface area contributed by atoms with Crippen molar-refractivity contribution >= 4 is 22.9 Å². The molecule has 322 valence electrons. The number of hydrogen-bond donors (Lipinski definition) is 0. The molecule has 0 saturated carbocycles. The van der Waals surface area contributed by atoms with Gasteiger partial charge in [-0.3, -0.25) is 0 Å². The van der Waals surface area contributed by atoms with Gasteiger partial charge in [0.25, 0.3) is 0 Å². The van der Waals surface area contributed by atoms with E-state index in [2.05, 4.69) is 223 Å². The Morgan fingerprint density at radius 3 is 1.74 bits per heavy atom. The molecule has 3 nitrogen and oxygen atoms in total. The van der Waals surface area contributed by atoms with Crippen LogP contribution < -0.4 is 0 Å². The minimum atomic E-state index is -0.0532. The lowest BCUT2D eigenvalue weighted by atomic mass is 9.80. The lowest BCUT2D eigenvalue weighted by molar-refractivity contribution is 0.653. The zero-order valence-corrected chi connectivity index (χ0v) is 39.1. The van der Waals surface area contributed by atoms with Crippen LogP contribution in [0.25, 0.3) is 78.7 Å². The molecule has 0 fully saturated rings.